The zero-order valence-corrected chi connectivity index (χ0v) is 20.9. The number of benzene rings is 4. The molecule has 0 unspecified atom stereocenters. The lowest BCUT2D eigenvalue weighted by Crippen LogP contribution is -2.25. The van der Waals surface area contributed by atoms with Crippen LogP contribution in [0.5, 0.6) is 5.75 Å². The molecule has 0 amide bonds. The highest BCUT2D eigenvalue weighted by atomic mass is 31.2. The highest BCUT2D eigenvalue weighted by molar-refractivity contribution is 7.73. The number of ether oxygens (including phenoxy) is 1. The number of methoxy groups -OCH3 is 1. The van der Waals surface area contributed by atoms with Crippen LogP contribution in [0.1, 0.15) is 51.4 Å². The molecule has 0 N–H and O–H groups in total. The van der Waals surface area contributed by atoms with Gasteiger partial charge in [-0.1, -0.05) is 92.4 Å². The van der Waals surface area contributed by atoms with Crippen molar-refractivity contribution in [3.8, 4) is 16.9 Å². The first kappa shape index (κ1) is 21.9. The van der Waals surface area contributed by atoms with Gasteiger partial charge in [0.25, 0.3) is 0 Å². The van der Waals surface area contributed by atoms with Gasteiger partial charge in [0.1, 0.15) is 12.9 Å². The van der Waals surface area contributed by atoms with E-state index in [1.165, 1.54) is 47.2 Å². The number of fused-ring (bicyclic) bond motifs is 2. The summed E-state index contributed by atoms with van der Waals surface area (Å²) < 4.78 is 21.5. The molecular weight excluding hydrogens is 435 g/mol. The molecule has 2 saturated carbocycles. The molecule has 0 saturated heterocycles. The van der Waals surface area contributed by atoms with Gasteiger partial charge in [-0.15, -0.1) is 0 Å². The third-order valence-electron chi connectivity index (χ3n) is 8.38. The van der Waals surface area contributed by atoms with Gasteiger partial charge in [-0.25, -0.2) is 0 Å². The van der Waals surface area contributed by atoms with Crippen LogP contribution < -0.4 is 10.0 Å². The van der Waals surface area contributed by atoms with Crippen molar-refractivity contribution in [3.05, 3.63) is 72.8 Å². The molecule has 2 aliphatic rings. The van der Waals surface area contributed by atoms with Gasteiger partial charge >= 0.3 is 0 Å². The van der Waals surface area contributed by atoms with E-state index in [1.807, 2.05) is 0 Å². The molecule has 174 valence electrons. The maximum absolute atomic E-state index is 15.6. The molecule has 0 bridgehead atoms. The van der Waals surface area contributed by atoms with Gasteiger partial charge in [-0.2, -0.15) is 0 Å². The van der Waals surface area contributed by atoms with Gasteiger partial charge in [0, 0.05) is 27.7 Å². The van der Waals surface area contributed by atoms with Crippen LogP contribution in [0.3, 0.4) is 0 Å². The number of rotatable bonds is 5. The summed E-state index contributed by atoms with van der Waals surface area (Å²) in [5.74, 6) is 0.862. The van der Waals surface area contributed by atoms with E-state index in [2.05, 4.69) is 72.8 Å². The molecule has 0 radical (unpaired) electrons. The zero-order chi connectivity index (χ0) is 23.1. The number of hydrogen-bond acceptors (Lipinski definition) is 2. The van der Waals surface area contributed by atoms with Crippen LogP contribution in [0.15, 0.2) is 72.8 Å². The molecule has 6 rings (SSSR count). The Kier molecular flexibility index (Phi) is 5.74. The summed E-state index contributed by atoms with van der Waals surface area (Å²) in [6.07, 6.45) is 9.26. The van der Waals surface area contributed by atoms with Crippen LogP contribution in [0.2, 0.25) is 0 Å². The molecule has 2 fully saturated rings. The fourth-order valence-electron chi connectivity index (χ4n) is 6.76. The molecular formula is C31H33O2P. The summed E-state index contributed by atoms with van der Waals surface area (Å²) in [5.41, 5.74) is 2.88. The fraction of sp³-hybridized carbons (Fsp3) is 0.355. The topological polar surface area (TPSA) is 26.3 Å². The average molecular weight is 469 g/mol. The maximum Gasteiger partial charge on any atom is 0.127 e. The second-order valence-corrected chi connectivity index (χ2v) is 13.5. The normalized spacial score (nSPS) is 17.7. The Balaban J connectivity index is 1.74. The Hall–Kier alpha value is -2.57. The van der Waals surface area contributed by atoms with Gasteiger partial charge < -0.3 is 9.30 Å². The number of hydrogen-bond donors (Lipinski definition) is 0. The largest absolute Gasteiger partial charge is 0.496 e. The fourth-order valence-corrected chi connectivity index (χ4v) is 11.3. The molecule has 0 atom stereocenters. The summed E-state index contributed by atoms with van der Waals surface area (Å²) in [6, 6.07) is 25.8. The lowest BCUT2D eigenvalue weighted by molar-refractivity contribution is 0.417. The molecule has 4 aromatic carbocycles. The van der Waals surface area contributed by atoms with Crippen LogP contribution in [0.4, 0.5) is 0 Å². The lowest BCUT2D eigenvalue weighted by Gasteiger charge is -2.33. The summed E-state index contributed by atoms with van der Waals surface area (Å²) in [5, 5.41) is 5.85. The smallest absolute Gasteiger partial charge is 0.127 e. The minimum absolute atomic E-state index is 0.316. The molecule has 3 heteroatoms. The molecule has 0 aromatic heterocycles. The average Bonchev–Trinajstić information content (AvgIpc) is 3.62. The Morgan fingerprint density at radius 2 is 1.15 bits per heavy atom. The van der Waals surface area contributed by atoms with Gasteiger partial charge in [0.2, 0.25) is 0 Å². The van der Waals surface area contributed by atoms with Crippen molar-refractivity contribution < 1.29 is 9.30 Å². The summed E-state index contributed by atoms with van der Waals surface area (Å²) >= 11 is 0. The first-order valence-electron chi connectivity index (χ1n) is 12.9. The van der Waals surface area contributed by atoms with Gasteiger partial charge in [-0.3, -0.25) is 0 Å². The minimum atomic E-state index is -2.64. The van der Waals surface area contributed by atoms with Gasteiger partial charge in [0.05, 0.1) is 7.11 Å². The van der Waals surface area contributed by atoms with Crippen molar-refractivity contribution >= 4 is 34.0 Å². The van der Waals surface area contributed by atoms with E-state index >= 15 is 4.57 Å². The minimum Gasteiger partial charge on any atom is -0.496 e. The van der Waals surface area contributed by atoms with Crippen LogP contribution in [0, 0.1) is 0 Å². The van der Waals surface area contributed by atoms with Crippen molar-refractivity contribution in [3.63, 3.8) is 0 Å². The van der Waals surface area contributed by atoms with E-state index in [9.17, 15) is 0 Å². The first-order valence-corrected chi connectivity index (χ1v) is 14.7. The third kappa shape index (κ3) is 3.42. The van der Waals surface area contributed by atoms with Crippen LogP contribution in [0.25, 0.3) is 32.7 Å². The molecule has 0 aliphatic heterocycles. The third-order valence-corrected chi connectivity index (χ3v) is 12.7. The van der Waals surface area contributed by atoms with Gasteiger partial charge in [-0.05, 0) is 53.3 Å². The van der Waals surface area contributed by atoms with Gasteiger partial charge in [0.15, 0.2) is 0 Å². The second kappa shape index (κ2) is 8.90. The van der Waals surface area contributed by atoms with Crippen molar-refractivity contribution in [1.29, 1.82) is 0 Å². The molecule has 0 heterocycles. The summed E-state index contributed by atoms with van der Waals surface area (Å²) in [4.78, 5) is 0. The van der Waals surface area contributed by atoms with Crippen molar-refractivity contribution in [2.24, 2.45) is 0 Å². The van der Waals surface area contributed by atoms with E-state index in [0.717, 1.165) is 47.9 Å². The maximum atomic E-state index is 15.6. The predicted octanol–water partition coefficient (Wildman–Crippen LogP) is 8.54. The SMILES string of the molecule is COc1ccc2ccccc2c1-c1c(P(=O)(C2CCCC2)C2CCCC2)ccc2ccccc12. The highest BCUT2D eigenvalue weighted by Crippen LogP contribution is 2.64. The lowest BCUT2D eigenvalue weighted by atomic mass is 9.93. The standard InChI is InChI=1S/C31H33O2P/c1-33-28-20-18-22-10-2-8-16-26(22)30(28)31-27-17-9-3-11-23(27)19-21-29(31)34(32,24-12-4-5-13-24)25-14-6-7-15-25/h2-3,8-11,16-21,24-25H,4-7,12-15H2,1H3. The van der Waals surface area contributed by atoms with Crippen molar-refractivity contribution in [1.82, 2.24) is 0 Å². The zero-order valence-electron chi connectivity index (χ0n) is 20.0. The van der Waals surface area contributed by atoms with Crippen molar-refractivity contribution in [2.75, 3.05) is 7.11 Å². The van der Waals surface area contributed by atoms with Crippen LogP contribution in [-0.4, -0.2) is 18.4 Å². The van der Waals surface area contributed by atoms with E-state index < -0.39 is 7.14 Å². The molecule has 2 nitrogen and oxygen atoms in total. The highest BCUT2D eigenvalue weighted by Gasteiger charge is 2.45. The van der Waals surface area contributed by atoms with E-state index in [4.69, 9.17) is 4.74 Å². The summed E-state index contributed by atoms with van der Waals surface area (Å²) in [6.45, 7) is 0. The Morgan fingerprint density at radius 3 is 1.71 bits per heavy atom. The van der Waals surface area contributed by atoms with Crippen LogP contribution in [-0.2, 0) is 4.57 Å². The monoisotopic (exact) mass is 468 g/mol. The Morgan fingerprint density at radius 1 is 0.647 bits per heavy atom. The molecule has 34 heavy (non-hydrogen) atoms. The molecule has 0 spiro atoms. The van der Waals surface area contributed by atoms with Crippen LogP contribution >= 0.6 is 7.14 Å². The molecule has 4 aromatic rings. The quantitative estimate of drug-likeness (QED) is 0.274. The van der Waals surface area contributed by atoms with E-state index in [-0.39, 0.29) is 0 Å². The second-order valence-electron chi connectivity index (χ2n) is 10.1. The van der Waals surface area contributed by atoms with Crippen molar-refractivity contribution in [2.45, 2.75) is 62.7 Å². The first-order chi connectivity index (χ1) is 16.7. The Bertz CT molecular complexity index is 1370. The molecule has 2 aliphatic carbocycles. The van der Waals surface area contributed by atoms with E-state index in [0.29, 0.717) is 11.3 Å². The Labute approximate surface area is 202 Å². The summed E-state index contributed by atoms with van der Waals surface area (Å²) in [7, 11) is -0.882. The predicted molar refractivity (Wildman–Crippen MR) is 145 cm³/mol. The van der Waals surface area contributed by atoms with E-state index in [1.54, 1.807) is 7.11 Å².